The third-order valence-corrected chi connectivity index (χ3v) is 2.99. The van der Waals surface area contributed by atoms with Crippen LogP contribution in [0.15, 0.2) is 24.3 Å². The average Bonchev–Trinajstić information content (AvgIpc) is 2.42. The maximum absolute atomic E-state index is 9.68. The fraction of sp³-hybridized carbons (Fsp3) is 0.600. The van der Waals surface area contributed by atoms with E-state index in [0.29, 0.717) is 12.8 Å². The molecule has 0 fully saturated rings. The van der Waals surface area contributed by atoms with Crippen LogP contribution in [-0.4, -0.2) is 29.0 Å². The van der Waals surface area contributed by atoms with Gasteiger partial charge >= 0.3 is 0 Å². The minimum absolute atomic E-state index is 0.587. The minimum Gasteiger partial charge on any atom is -0.494 e. The lowest BCUT2D eigenvalue weighted by Crippen LogP contribution is -2.25. The predicted octanol–water partition coefficient (Wildman–Crippen LogP) is 2.54. The molecule has 0 aliphatic heterocycles. The highest BCUT2D eigenvalue weighted by atomic mass is 16.5. The van der Waals surface area contributed by atoms with Crippen molar-refractivity contribution in [2.45, 2.75) is 51.7 Å². The van der Waals surface area contributed by atoms with Gasteiger partial charge < -0.3 is 14.9 Å². The van der Waals surface area contributed by atoms with Crippen molar-refractivity contribution < 1.29 is 14.9 Å². The lowest BCUT2D eigenvalue weighted by atomic mass is 10.0. The van der Waals surface area contributed by atoms with Crippen molar-refractivity contribution in [2.75, 3.05) is 6.61 Å². The molecule has 0 amide bonds. The number of aryl methyl sites for hydroxylation is 1. The van der Waals surface area contributed by atoms with Gasteiger partial charge in [0.25, 0.3) is 0 Å². The third-order valence-electron chi connectivity index (χ3n) is 2.99. The molecular formula is C15H24O3. The molecule has 0 saturated heterocycles. The molecule has 0 aliphatic carbocycles. The molecule has 2 N–H and O–H groups in total. The molecule has 0 aromatic heterocycles. The molecule has 3 nitrogen and oxygen atoms in total. The second-order valence-corrected chi connectivity index (χ2v) is 4.57. The molecule has 18 heavy (non-hydrogen) atoms. The van der Waals surface area contributed by atoms with Crippen LogP contribution in [0.5, 0.6) is 5.75 Å². The zero-order valence-electron chi connectivity index (χ0n) is 11.3. The summed E-state index contributed by atoms with van der Waals surface area (Å²) >= 11 is 0. The smallest absolute Gasteiger partial charge is 0.119 e. The van der Waals surface area contributed by atoms with Crippen LogP contribution in [0.2, 0.25) is 0 Å². The summed E-state index contributed by atoms with van der Waals surface area (Å²) in [6.45, 7) is 4.68. The van der Waals surface area contributed by atoms with E-state index in [1.807, 2.05) is 31.2 Å². The minimum atomic E-state index is -0.633. The molecule has 0 radical (unpaired) electrons. The number of hydrogen-bond acceptors (Lipinski definition) is 3. The molecule has 0 bridgehead atoms. The first-order valence-electron chi connectivity index (χ1n) is 6.75. The highest BCUT2D eigenvalue weighted by Crippen LogP contribution is 2.15. The number of ether oxygens (including phenoxy) is 1. The summed E-state index contributed by atoms with van der Waals surface area (Å²) in [6, 6.07) is 7.92. The molecule has 0 aliphatic rings. The molecule has 0 heterocycles. The Kier molecular flexibility index (Phi) is 6.76. The Labute approximate surface area is 109 Å². The average molecular weight is 252 g/mol. The van der Waals surface area contributed by atoms with Gasteiger partial charge in [-0.15, -0.1) is 0 Å². The van der Waals surface area contributed by atoms with E-state index >= 15 is 0 Å². The summed E-state index contributed by atoms with van der Waals surface area (Å²) in [5.41, 5.74) is 1.15. The van der Waals surface area contributed by atoms with Crippen molar-refractivity contribution in [1.29, 1.82) is 0 Å². The van der Waals surface area contributed by atoms with Crippen LogP contribution in [0.4, 0.5) is 0 Å². The van der Waals surface area contributed by atoms with Crippen molar-refractivity contribution in [2.24, 2.45) is 0 Å². The Hall–Kier alpha value is -1.06. The number of benzene rings is 1. The second-order valence-electron chi connectivity index (χ2n) is 4.57. The zero-order valence-corrected chi connectivity index (χ0v) is 11.3. The first-order chi connectivity index (χ1) is 8.67. The van der Waals surface area contributed by atoms with Gasteiger partial charge in [-0.2, -0.15) is 0 Å². The summed E-state index contributed by atoms with van der Waals surface area (Å²) in [7, 11) is 0. The molecule has 1 aromatic rings. The monoisotopic (exact) mass is 252 g/mol. The van der Waals surface area contributed by atoms with Crippen molar-refractivity contribution >= 4 is 0 Å². The first-order valence-corrected chi connectivity index (χ1v) is 6.75. The van der Waals surface area contributed by atoms with Gasteiger partial charge in [0.05, 0.1) is 18.8 Å². The van der Waals surface area contributed by atoms with Gasteiger partial charge in [0.1, 0.15) is 5.75 Å². The summed E-state index contributed by atoms with van der Waals surface area (Å²) in [5.74, 6) is 0.884. The Morgan fingerprint density at radius 2 is 1.72 bits per heavy atom. The first kappa shape index (κ1) is 15.0. The fourth-order valence-corrected chi connectivity index (χ4v) is 1.75. The van der Waals surface area contributed by atoms with E-state index in [2.05, 4.69) is 6.92 Å². The van der Waals surface area contributed by atoms with E-state index < -0.39 is 12.2 Å². The number of aliphatic hydroxyl groups excluding tert-OH is 2. The van der Waals surface area contributed by atoms with Crippen LogP contribution in [0, 0.1) is 0 Å². The van der Waals surface area contributed by atoms with E-state index in [9.17, 15) is 10.2 Å². The Bertz CT molecular complexity index is 321. The maximum atomic E-state index is 9.68. The Morgan fingerprint density at radius 1 is 1.06 bits per heavy atom. The summed E-state index contributed by atoms with van der Waals surface area (Å²) < 4.78 is 5.50. The van der Waals surface area contributed by atoms with Crippen LogP contribution in [0.1, 0.15) is 38.7 Å². The number of hydrogen-bond donors (Lipinski definition) is 2. The molecule has 0 spiro atoms. The van der Waals surface area contributed by atoms with Gasteiger partial charge in [0, 0.05) is 0 Å². The fourth-order valence-electron chi connectivity index (χ4n) is 1.75. The van der Waals surface area contributed by atoms with Crippen molar-refractivity contribution in [3.63, 3.8) is 0 Å². The summed E-state index contributed by atoms with van der Waals surface area (Å²) in [6.07, 6.45) is 1.70. The van der Waals surface area contributed by atoms with Crippen molar-refractivity contribution in [3.8, 4) is 5.75 Å². The normalized spacial score (nSPS) is 14.2. The van der Waals surface area contributed by atoms with Gasteiger partial charge in [-0.25, -0.2) is 0 Å². The summed E-state index contributed by atoms with van der Waals surface area (Å²) in [4.78, 5) is 0. The van der Waals surface area contributed by atoms with Gasteiger partial charge in [0.2, 0.25) is 0 Å². The standard InChI is InChI=1S/C15H24O3/c1-3-11-18-13-8-5-12(6-9-13)7-10-15(17)14(16)4-2/h5-6,8-9,14-17H,3-4,7,10-11H2,1-2H3. The van der Waals surface area contributed by atoms with Crippen LogP contribution in [0.3, 0.4) is 0 Å². The Morgan fingerprint density at radius 3 is 2.28 bits per heavy atom. The molecule has 1 aromatic carbocycles. The lowest BCUT2D eigenvalue weighted by Gasteiger charge is -2.15. The molecule has 1 rings (SSSR count). The van der Waals surface area contributed by atoms with Crippen LogP contribution >= 0.6 is 0 Å². The van der Waals surface area contributed by atoms with Gasteiger partial charge in [-0.3, -0.25) is 0 Å². The van der Waals surface area contributed by atoms with Crippen molar-refractivity contribution in [3.05, 3.63) is 29.8 Å². The molecular weight excluding hydrogens is 228 g/mol. The van der Waals surface area contributed by atoms with E-state index in [0.717, 1.165) is 30.8 Å². The molecule has 2 atom stereocenters. The quantitative estimate of drug-likeness (QED) is 0.747. The maximum Gasteiger partial charge on any atom is 0.119 e. The van der Waals surface area contributed by atoms with Gasteiger partial charge in [-0.05, 0) is 43.4 Å². The van der Waals surface area contributed by atoms with Gasteiger partial charge in [0.15, 0.2) is 0 Å². The summed E-state index contributed by atoms with van der Waals surface area (Å²) in [5, 5.41) is 19.2. The molecule has 3 heteroatoms. The van der Waals surface area contributed by atoms with Crippen molar-refractivity contribution in [1.82, 2.24) is 0 Å². The number of aliphatic hydroxyl groups is 2. The molecule has 102 valence electrons. The predicted molar refractivity (Wildman–Crippen MR) is 72.9 cm³/mol. The van der Waals surface area contributed by atoms with E-state index in [4.69, 9.17) is 4.74 Å². The van der Waals surface area contributed by atoms with Crippen LogP contribution in [-0.2, 0) is 6.42 Å². The lowest BCUT2D eigenvalue weighted by molar-refractivity contribution is 0.0130. The largest absolute Gasteiger partial charge is 0.494 e. The van der Waals surface area contributed by atoms with E-state index in [-0.39, 0.29) is 0 Å². The Balaban J connectivity index is 2.39. The van der Waals surface area contributed by atoms with Gasteiger partial charge in [-0.1, -0.05) is 26.0 Å². The van der Waals surface area contributed by atoms with E-state index in [1.54, 1.807) is 0 Å². The second kappa shape index (κ2) is 8.11. The van der Waals surface area contributed by atoms with Crippen LogP contribution in [0.25, 0.3) is 0 Å². The topological polar surface area (TPSA) is 49.7 Å². The zero-order chi connectivity index (χ0) is 13.4. The highest BCUT2D eigenvalue weighted by molar-refractivity contribution is 5.27. The number of rotatable bonds is 8. The molecule has 0 saturated carbocycles. The highest BCUT2D eigenvalue weighted by Gasteiger charge is 2.13. The third kappa shape index (κ3) is 5.07. The SMILES string of the molecule is CCCOc1ccc(CCC(O)C(O)CC)cc1. The molecule has 2 unspecified atom stereocenters. The van der Waals surface area contributed by atoms with Crippen LogP contribution < -0.4 is 4.74 Å². The van der Waals surface area contributed by atoms with E-state index in [1.165, 1.54) is 0 Å².